The summed E-state index contributed by atoms with van der Waals surface area (Å²) in [6.07, 6.45) is 5.00. The molecule has 4 heteroatoms. The van der Waals surface area contributed by atoms with Crippen LogP contribution in [0.5, 0.6) is 0 Å². The van der Waals surface area contributed by atoms with E-state index in [9.17, 15) is 4.79 Å². The molecule has 0 saturated carbocycles. The lowest BCUT2D eigenvalue weighted by molar-refractivity contribution is -0.143. The molecule has 0 aromatic heterocycles. The molecule has 0 aromatic carbocycles. The van der Waals surface area contributed by atoms with Crippen molar-refractivity contribution in [2.75, 3.05) is 26.2 Å². The normalized spacial score (nSPS) is 20.2. The highest BCUT2D eigenvalue weighted by atomic mass is 16.4. The molecule has 1 aliphatic rings. The molecule has 1 atom stereocenters. The summed E-state index contributed by atoms with van der Waals surface area (Å²) >= 11 is 0. The Kier molecular flexibility index (Phi) is 6.65. The van der Waals surface area contributed by atoms with E-state index in [1.54, 1.807) is 6.92 Å². The van der Waals surface area contributed by atoms with Gasteiger partial charge in [-0.15, -0.1) is 0 Å². The van der Waals surface area contributed by atoms with Crippen LogP contribution in [0.2, 0.25) is 0 Å². The molecule has 0 amide bonds. The number of nitrogens with zero attached hydrogens (tertiary/aromatic N) is 2. The molecule has 0 spiro atoms. The van der Waals surface area contributed by atoms with E-state index in [1.165, 1.54) is 25.7 Å². The summed E-state index contributed by atoms with van der Waals surface area (Å²) < 4.78 is 0. The second-order valence-corrected chi connectivity index (χ2v) is 5.32. The lowest BCUT2D eigenvalue weighted by Crippen LogP contribution is -2.54. The number of aliphatic carboxylic acids is 1. The van der Waals surface area contributed by atoms with Gasteiger partial charge in [0.2, 0.25) is 0 Å². The van der Waals surface area contributed by atoms with Crippen LogP contribution in [-0.2, 0) is 4.79 Å². The Hall–Kier alpha value is -0.610. The van der Waals surface area contributed by atoms with E-state index in [-0.39, 0.29) is 6.04 Å². The number of hydrogen-bond acceptors (Lipinski definition) is 3. The minimum atomic E-state index is -0.706. The summed E-state index contributed by atoms with van der Waals surface area (Å²) in [5.41, 5.74) is 0. The van der Waals surface area contributed by atoms with E-state index in [0.29, 0.717) is 6.04 Å². The van der Waals surface area contributed by atoms with Crippen LogP contribution in [-0.4, -0.2) is 59.1 Å². The van der Waals surface area contributed by atoms with Gasteiger partial charge in [0.05, 0.1) is 0 Å². The summed E-state index contributed by atoms with van der Waals surface area (Å²) in [4.78, 5) is 15.6. The zero-order chi connectivity index (χ0) is 13.5. The van der Waals surface area contributed by atoms with Gasteiger partial charge >= 0.3 is 5.97 Å². The van der Waals surface area contributed by atoms with Gasteiger partial charge in [0.15, 0.2) is 0 Å². The van der Waals surface area contributed by atoms with Crippen molar-refractivity contribution in [3.63, 3.8) is 0 Å². The van der Waals surface area contributed by atoms with Crippen LogP contribution in [0.3, 0.4) is 0 Å². The maximum atomic E-state index is 11.0. The van der Waals surface area contributed by atoms with Gasteiger partial charge in [0, 0.05) is 32.2 Å². The molecule has 0 aliphatic carbocycles. The van der Waals surface area contributed by atoms with Crippen molar-refractivity contribution in [3.05, 3.63) is 0 Å². The maximum Gasteiger partial charge on any atom is 0.320 e. The Morgan fingerprint density at radius 2 is 1.50 bits per heavy atom. The predicted octanol–water partition coefficient (Wildman–Crippen LogP) is 2.05. The standard InChI is InChI=1S/C14H28N2O2/c1-4-6-13(7-5-2)16-10-8-15(9-11-16)12(3)14(17)18/h12-13H,4-11H2,1-3H3,(H,17,18). The quantitative estimate of drug-likeness (QED) is 0.757. The van der Waals surface area contributed by atoms with Crippen molar-refractivity contribution in [3.8, 4) is 0 Å². The molecule has 0 aromatic rings. The van der Waals surface area contributed by atoms with Crippen molar-refractivity contribution >= 4 is 5.97 Å². The Morgan fingerprint density at radius 1 is 1.06 bits per heavy atom. The zero-order valence-corrected chi connectivity index (χ0v) is 12.1. The fourth-order valence-corrected chi connectivity index (χ4v) is 2.82. The van der Waals surface area contributed by atoms with Gasteiger partial charge in [-0.1, -0.05) is 26.7 Å². The molecule has 1 unspecified atom stereocenters. The van der Waals surface area contributed by atoms with Crippen molar-refractivity contribution in [1.29, 1.82) is 0 Å². The molecule has 1 heterocycles. The summed E-state index contributed by atoms with van der Waals surface area (Å²) in [6, 6.07) is 0.352. The van der Waals surface area contributed by atoms with Gasteiger partial charge in [-0.05, 0) is 19.8 Å². The monoisotopic (exact) mass is 256 g/mol. The molecular formula is C14H28N2O2. The third-order valence-corrected chi connectivity index (χ3v) is 4.01. The average molecular weight is 256 g/mol. The molecule has 0 radical (unpaired) electrons. The van der Waals surface area contributed by atoms with Crippen LogP contribution in [0.4, 0.5) is 0 Å². The first-order valence-electron chi connectivity index (χ1n) is 7.31. The van der Waals surface area contributed by atoms with E-state index in [0.717, 1.165) is 26.2 Å². The second kappa shape index (κ2) is 7.74. The van der Waals surface area contributed by atoms with Gasteiger partial charge in [0.1, 0.15) is 6.04 Å². The summed E-state index contributed by atoms with van der Waals surface area (Å²) in [6.45, 7) is 10.1. The highest BCUT2D eigenvalue weighted by molar-refractivity contribution is 5.72. The third-order valence-electron chi connectivity index (χ3n) is 4.01. The summed E-state index contributed by atoms with van der Waals surface area (Å²) in [5.74, 6) is -0.706. The number of carboxylic acid groups (broad SMARTS) is 1. The van der Waals surface area contributed by atoms with Crippen LogP contribution in [0.1, 0.15) is 46.5 Å². The average Bonchev–Trinajstić information content (AvgIpc) is 2.38. The van der Waals surface area contributed by atoms with Gasteiger partial charge in [-0.25, -0.2) is 0 Å². The SMILES string of the molecule is CCCC(CCC)N1CCN(C(C)C(=O)O)CC1. The molecule has 1 fully saturated rings. The van der Waals surface area contributed by atoms with Crippen molar-refractivity contribution in [2.24, 2.45) is 0 Å². The van der Waals surface area contributed by atoms with Crippen molar-refractivity contribution < 1.29 is 9.90 Å². The van der Waals surface area contributed by atoms with Crippen molar-refractivity contribution in [1.82, 2.24) is 9.80 Å². The number of piperazine rings is 1. The minimum Gasteiger partial charge on any atom is -0.480 e. The van der Waals surface area contributed by atoms with Gasteiger partial charge < -0.3 is 5.11 Å². The number of carboxylic acids is 1. The largest absolute Gasteiger partial charge is 0.480 e. The molecule has 1 saturated heterocycles. The molecule has 0 bridgehead atoms. The van der Waals surface area contributed by atoms with Crippen LogP contribution < -0.4 is 0 Å². The Bertz CT molecular complexity index is 244. The van der Waals surface area contributed by atoms with Crippen LogP contribution in [0.15, 0.2) is 0 Å². The van der Waals surface area contributed by atoms with Gasteiger partial charge in [-0.3, -0.25) is 14.6 Å². The van der Waals surface area contributed by atoms with Crippen LogP contribution in [0.25, 0.3) is 0 Å². The smallest absolute Gasteiger partial charge is 0.320 e. The molecule has 106 valence electrons. The topological polar surface area (TPSA) is 43.8 Å². The molecule has 1 rings (SSSR count). The summed E-state index contributed by atoms with van der Waals surface area (Å²) in [7, 11) is 0. The molecule has 1 aliphatic heterocycles. The highest BCUT2D eigenvalue weighted by Crippen LogP contribution is 2.16. The molecule has 18 heavy (non-hydrogen) atoms. The summed E-state index contributed by atoms with van der Waals surface area (Å²) in [5, 5.41) is 9.02. The second-order valence-electron chi connectivity index (χ2n) is 5.32. The van der Waals surface area contributed by atoms with Crippen LogP contribution in [0, 0.1) is 0 Å². The van der Waals surface area contributed by atoms with Gasteiger partial charge in [0.25, 0.3) is 0 Å². The predicted molar refractivity (Wildman–Crippen MR) is 73.8 cm³/mol. The third kappa shape index (κ3) is 4.25. The fourth-order valence-electron chi connectivity index (χ4n) is 2.82. The lowest BCUT2D eigenvalue weighted by atomic mass is 10.0. The Morgan fingerprint density at radius 3 is 1.89 bits per heavy atom. The molecule has 1 N–H and O–H groups in total. The number of hydrogen-bond donors (Lipinski definition) is 1. The first kappa shape index (κ1) is 15.4. The maximum absolute atomic E-state index is 11.0. The lowest BCUT2D eigenvalue weighted by Gasteiger charge is -2.40. The van der Waals surface area contributed by atoms with E-state index >= 15 is 0 Å². The van der Waals surface area contributed by atoms with Crippen molar-refractivity contribution in [2.45, 2.75) is 58.5 Å². The number of carbonyl (C=O) groups is 1. The Balaban J connectivity index is 2.43. The van der Waals surface area contributed by atoms with Gasteiger partial charge in [-0.2, -0.15) is 0 Å². The van der Waals surface area contributed by atoms with E-state index in [1.807, 2.05) is 0 Å². The van der Waals surface area contributed by atoms with E-state index < -0.39 is 5.97 Å². The van der Waals surface area contributed by atoms with E-state index in [2.05, 4.69) is 23.6 Å². The molecule has 4 nitrogen and oxygen atoms in total. The first-order valence-corrected chi connectivity index (χ1v) is 7.31. The number of rotatable bonds is 7. The Labute approximate surface area is 111 Å². The first-order chi connectivity index (χ1) is 8.60. The minimum absolute atomic E-state index is 0.344. The zero-order valence-electron chi connectivity index (χ0n) is 12.1. The highest BCUT2D eigenvalue weighted by Gasteiger charge is 2.27. The molecular weight excluding hydrogens is 228 g/mol. The van der Waals surface area contributed by atoms with E-state index in [4.69, 9.17) is 5.11 Å². The fraction of sp³-hybridized carbons (Fsp3) is 0.929. The van der Waals surface area contributed by atoms with Crippen LogP contribution >= 0.6 is 0 Å².